The summed E-state index contributed by atoms with van der Waals surface area (Å²) in [7, 11) is -2.53. The van der Waals surface area contributed by atoms with Gasteiger partial charge < -0.3 is 9.79 Å². The lowest BCUT2D eigenvalue weighted by Crippen LogP contribution is -2.47. The summed E-state index contributed by atoms with van der Waals surface area (Å²) in [5, 5.41) is 4.05. The third kappa shape index (κ3) is 4.67. The summed E-state index contributed by atoms with van der Waals surface area (Å²) >= 11 is 0. The Bertz CT molecular complexity index is 101. The Kier molecular flexibility index (Phi) is 5.13. The fourth-order valence-electron chi connectivity index (χ4n) is 0.922. The van der Waals surface area contributed by atoms with Crippen molar-refractivity contribution in [2.45, 2.75) is 39.8 Å². The Balaban J connectivity index is 3.90. The van der Waals surface area contributed by atoms with Crippen LogP contribution in [0, 0.1) is 0 Å². The van der Waals surface area contributed by atoms with Crippen molar-refractivity contribution in [2.75, 3.05) is 0 Å². The Morgan fingerprint density at radius 3 is 1.55 bits per heavy atom. The van der Waals surface area contributed by atoms with Crippen LogP contribution < -0.4 is 15.0 Å². The molecule has 0 spiro atoms. The molecule has 0 fully saturated rings. The maximum absolute atomic E-state index is 10.3. The van der Waals surface area contributed by atoms with Crippen molar-refractivity contribution in [1.29, 1.82) is 0 Å². The first-order valence-electron chi connectivity index (χ1n) is 3.64. The lowest BCUT2D eigenvalue weighted by Gasteiger charge is -2.42. The van der Waals surface area contributed by atoms with Crippen LogP contribution in [0.2, 0.25) is 0 Å². The van der Waals surface area contributed by atoms with E-state index in [9.17, 15) is 9.79 Å². The van der Waals surface area contributed by atoms with E-state index in [1.807, 2.05) is 27.7 Å². The molecule has 4 nitrogen and oxygen atoms in total. The highest BCUT2D eigenvalue weighted by Crippen LogP contribution is 2.10. The van der Waals surface area contributed by atoms with Gasteiger partial charge in [0.05, 0.1) is 0 Å². The van der Waals surface area contributed by atoms with Crippen molar-refractivity contribution in [3.63, 3.8) is 0 Å². The van der Waals surface area contributed by atoms with E-state index in [0.717, 1.165) is 0 Å². The molecule has 0 aromatic rings. The average molecular weight is 178 g/mol. The predicted molar refractivity (Wildman–Crippen MR) is 42.2 cm³/mol. The topological polar surface area (TPSA) is 61.4 Å². The standard InChI is InChI=1S/C6H15N2O2P/c1-5(2)8(6(3)4)7-11(9)10/h5-7H,1-4H3/q-2. The Hall–Kier alpha value is 0.270. The average Bonchev–Trinajstić information content (AvgIpc) is 1.81. The minimum atomic E-state index is -2.53. The van der Waals surface area contributed by atoms with Gasteiger partial charge in [-0.25, -0.2) is 13.5 Å². The minimum Gasteiger partial charge on any atom is -0.829 e. The van der Waals surface area contributed by atoms with E-state index >= 15 is 0 Å². The molecule has 0 saturated heterocycles. The molecule has 0 aliphatic heterocycles. The van der Waals surface area contributed by atoms with Crippen molar-refractivity contribution in [1.82, 2.24) is 10.2 Å². The number of rotatable bonds is 4. The van der Waals surface area contributed by atoms with Gasteiger partial charge in [-0.05, 0) is 27.7 Å². The van der Waals surface area contributed by atoms with E-state index in [2.05, 4.69) is 5.20 Å². The highest BCUT2D eigenvalue weighted by atomic mass is 31.2. The molecule has 0 atom stereocenters. The molecule has 0 heterocycles. The summed E-state index contributed by atoms with van der Waals surface area (Å²) in [6.45, 7) is 7.75. The van der Waals surface area contributed by atoms with Gasteiger partial charge in [-0.3, -0.25) is 5.20 Å². The van der Waals surface area contributed by atoms with Gasteiger partial charge >= 0.3 is 0 Å². The van der Waals surface area contributed by atoms with Gasteiger partial charge in [0, 0.05) is 12.1 Å². The number of hydrogen-bond donors (Lipinski definition) is 1. The molecule has 0 radical (unpaired) electrons. The molecular formula is C6H15N2O2P-2. The van der Waals surface area contributed by atoms with Crippen molar-refractivity contribution in [3.05, 3.63) is 0 Å². The van der Waals surface area contributed by atoms with Gasteiger partial charge in [0.1, 0.15) is 0 Å². The highest BCUT2D eigenvalue weighted by molar-refractivity contribution is 7.39. The lowest BCUT2D eigenvalue weighted by molar-refractivity contribution is -0.301. The van der Waals surface area contributed by atoms with Crippen molar-refractivity contribution in [2.24, 2.45) is 0 Å². The summed E-state index contributed by atoms with van der Waals surface area (Å²) in [5.74, 6) is 0. The van der Waals surface area contributed by atoms with Crippen LogP contribution in [-0.2, 0) is 0 Å². The monoisotopic (exact) mass is 178 g/mol. The summed E-state index contributed by atoms with van der Waals surface area (Å²) in [6.07, 6.45) is 0. The van der Waals surface area contributed by atoms with Gasteiger partial charge in [-0.1, -0.05) is 0 Å². The molecule has 0 aliphatic rings. The van der Waals surface area contributed by atoms with E-state index in [0.29, 0.717) is 0 Å². The summed E-state index contributed by atoms with van der Waals surface area (Å²) < 4.78 is 0. The second-order valence-electron chi connectivity index (χ2n) is 2.95. The number of nitrogens with zero attached hydrogens (tertiary/aromatic N) is 1. The lowest BCUT2D eigenvalue weighted by atomic mass is 10.3. The maximum Gasteiger partial charge on any atom is 0.0192 e. The van der Waals surface area contributed by atoms with Gasteiger partial charge in [-0.2, -0.15) is 0 Å². The largest absolute Gasteiger partial charge is 0.829 e. The van der Waals surface area contributed by atoms with Crippen LogP contribution in [0.3, 0.4) is 0 Å². The second-order valence-corrected chi connectivity index (χ2v) is 3.67. The smallest absolute Gasteiger partial charge is 0.0192 e. The van der Waals surface area contributed by atoms with Crippen LogP contribution in [0.1, 0.15) is 27.7 Å². The van der Waals surface area contributed by atoms with Gasteiger partial charge in [0.25, 0.3) is 0 Å². The molecule has 0 aliphatic carbocycles. The van der Waals surface area contributed by atoms with Gasteiger partial charge in [0.2, 0.25) is 0 Å². The van der Waals surface area contributed by atoms with Crippen LogP contribution in [0.15, 0.2) is 0 Å². The van der Waals surface area contributed by atoms with E-state index in [1.165, 1.54) is 0 Å². The maximum atomic E-state index is 10.3. The fourth-order valence-corrected chi connectivity index (χ4v) is 1.57. The van der Waals surface area contributed by atoms with E-state index in [-0.39, 0.29) is 12.1 Å². The van der Waals surface area contributed by atoms with Crippen LogP contribution in [0.5, 0.6) is 0 Å². The van der Waals surface area contributed by atoms with Crippen molar-refractivity contribution in [3.8, 4) is 0 Å². The molecule has 68 valence electrons. The molecule has 0 bridgehead atoms. The van der Waals surface area contributed by atoms with Crippen LogP contribution in [0.4, 0.5) is 0 Å². The first kappa shape index (κ1) is 11.3. The van der Waals surface area contributed by atoms with Crippen LogP contribution in [0.25, 0.3) is 0 Å². The number of hydrogen-bond acceptors (Lipinski definition) is 4. The zero-order valence-electron chi connectivity index (χ0n) is 7.37. The van der Waals surface area contributed by atoms with E-state index < -0.39 is 8.53 Å². The Morgan fingerprint density at radius 1 is 1.09 bits per heavy atom. The molecule has 0 saturated carbocycles. The van der Waals surface area contributed by atoms with Crippen LogP contribution >= 0.6 is 8.53 Å². The summed E-state index contributed by atoms with van der Waals surface area (Å²) in [5.41, 5.74) is 0. The SMILES string of the molecule is CC(C)N(NP([O-])[O-])C(C)C. The first-order chi connectivity index (χ1) is 4.95. The zero-order chi connectivity index (χ0) is 9.02. The van der Waals surface area contributed by atoms with E-state index in [1.54, 1.807) is 5.01 Å². The number of hydrazine groups is 1. The molecule has 11 heavy (non-hydrogen) atoms. The Labute approximate surface area is 69.2 Å². The molecular weight excluding hydrogens is 163 g/mol. The first-order valence-corrected chi connectivity index (χ1v) is 4.82. The molecule has 0 aromatic carbocycles. The second kappa shape index (κ2) is 5.01. The summed E-state index contributed by atoms with van der Waals surface area (Å²) in [6, 6.07) is 0.366. The zero-order valence-corrected chi connectivity index (χ0v) is 8.26. The van der Waals surface area contributed by atoms with Crippen molar-refractivity contribution < 1.29 is 9.79 Å². The molecule has 0 rings (SSSR count). The third-order valence-electron chi connectivity index (χ3n) is 1.31. The normalized spacial score (nSPS) is 12.5. The molecule has 5 heteroatoms. The molecule has 0 aromatic heterocycles. The Morgan fingerprint density at radius 2 is 1.45 bits per heavy atom. The quantitative estimate of drug-likeness (QED) is 0.468. The molecule has 0 amide bonds. The van der Waals surface area contributed by atoms with Gasteiger partial charge in [-0.15, -0.1) is 0 Å². The van der Waals surface area contributed by atoms with Gasteiger partial charge in [0.15, 0.2) is 0 Å². The van der Waals surface area contributed by atoms with Crippen molar-refractivity contribution >= 4 is 8.53 Å². The minimum absolute atomic E-state index is 0.183. The molecule has 0 unspecified atom stereocenters. The van der Waals surface area contributed by atoms with Crippen LogP contribution in [-0.4, -0.2) is 17.1 Å². The third-order valence-corrected chi connectivity index (χ3v) is 1.70. The summed E-state index contributed by atoms with van der Waals surface area (Å²) in [4.78, 5) is 20.6. The fraction of sp³-hybridized carbons (Fsp3) is 1.00. The van der Waals surface area contributed by atoms with E-state index in [4.69, 9.17) is 0 Å². The highest BCUT2D eigenvalue weighted by Gasteiger charge is 2.10. The molecule has 1 N–H and O–H groups in total. The predicted octanol–water partition coefficient (Wildman–Crippen LogP) is -0.443. The number of nitrogens with one attached hydrogen (secondary N) is 1.